The monoisotopic (exact) mass is 545 g/mol. The van der Waals surface area contributed by atoms with Gasteiger partial charge in [-0.1, -0.05) is 56.3 Å². The van der Waals surface area contributed by atoms with Gasteiger partial charge in [0, 0.05) is 48.0 Å². The normalized spacial score (nSPS) is 21.2. The molecule has 8 nitrogen and oxygen atoms in total. The molecule has 0 spiro atoms. The van der Waals surface area contributed by atoms with Crippen LogP contribution in [-0.2, 0) is 17.9 Å². The number of piperidine rings is 1. The predicted octanol–water partition coefficient (Wildman–Crippen LogP) is 6.51. The third-order valence-corrected chi connectivity index (χ3v) is 9.01. The first-order valence-corrected chi connectivity index (χ1v) is 14.7. The number of nitrogens with zero attached hydrogens (tertiary/aromatic N) is 4. The summed E-state index contributed by atoms with van der Waals surface area (Å²) in [5.74, 6) is 0.819. The molecule has 3 heterocycles. The number of benzene rings is 1. The minimum absolute atomic E-state index is 0.207. The van der Waals surface area contributed by atoms with Crippen molar-refractivity contribution >= 4 is 23.3 Å². The molecule has 214 valence electrons. The molecule has 1 aliphatic heterocycles. The Balaban J connectivity index is 1.29. The molecule has 2 N–H and O–H groups in total. The summed E-state index contributed by atoms with van der Waals surface area (Å²) in [7, 11) is 0. The van der Waals surface area contributed by atoms with Crippen molar-refractivity contribution < 1.29 is 14.7 Å². The van der Waals surface area contributed by atoms with E-state index in [0.29, 0.717) is 11.5 Å². The van der Waals surface area contributed by atoms with Gasteiger partial charge in [0.15, 0.2) is 0 Å². The molecule has 1 saturated heterocycles. The number of alkyl carbamates (subject to hydrolysis) is 1. The molecule has 3 aromatic rings. The molecule has 0 atom stereocenters. The average molecular weight is 546 g/mol. The standard InChI is InChI=1S/C32H43N5O3/c1-32(2,3)24-11-13-25(14-12-24)36-18-15-26(16-19-36)37-29(28(20-35-39)27-10-7-17-33-30(27)37)21-34-31(38)40-22-23-8-5-4-6-9-23/h4-10,17,20,24-26,39H,11-16,18-19,21-22H2,1-3H3,(H,34,38). The zero-order valence-corrected chi connectivity index (χ0v) is 24.1. The molecule has 5 rings (SSSR count). The maximum absolute atomic E-state index is 12.6. The first-order chi connectivity index (χ1) is 19.3. The summed E-state index contributed by atoms with van der Waals surface area (Å²) >= 11 is 0. The number of likely N-dealkylation sites (tertiary alicyclic amines) is 1. The van der Waals surface area contributed by atoms with Crippen LogP contribution < -0.4 is 5.32 Å². The number of aromatic nitrogens is 2. The van der Waals surface area contributed by atoms with Crippen LogP contribution in [0.4, 0.5) is 4.79 Å². The van der Waals surface area contributed by atoms with Crippen LogP contribution in [-0.4, -0.2) is 51.1 Å². The minimum atomic E-state index is -0.485. The van der Waals surface area contributed by atoms with Gasteiger partial charge in [-0.3, -0.25) is 0 Å². The third kappa shape index (κ3) is 6.33. The van der Waals surface area contributed by atoms with Gasteiger partial charge in [0.05, 0.1) is 12.8 Å². The van der Waals surface area contributed by atoms with Crippen molar-refractivity contribution in [2.24, 2.45) is 16.5 Å². The van der Waals surface area contributed by atoms with Crippen molar-refractivity contribution in [3.05, 3.63) is 65.5 Å². The van der Waals surface area contributed by atoms with Crippen molar-refractivity contribution in [3.63, 3.8) is 0 Å². The SMILES string of the molecule is CC(C)(C)C1CCC(N2CCC(n3c(CNC(=O)OCc4ccccc4)c(C=NO)c4cccnc43)CC2)CC1. The first kappa shape index (κ1) is 28.1. The number of amides is 1. The number of carbonyl (C=O) groups excluding carboxylic acids is 1. The van der Waals surface area contributed by atoms with Crippen molar-refractivity contribution in [2.45, 2.75) is 84.5 Å². The smallest absolute Gasteiger partial charge is 0.407 e. The molecule has 1 saturated carbocycles. The summed E-state index contributed by atoms with van der Waals surface area (Å²) in [5.41, 5.74) is 3.84. The maximum Gasteiger partial charge on any atom is 0.407 e. The van der Waals surface area contributed by atoms with Crippen LogP contribution in [0.2, 0.25) is 0 Å². The quantitative estimate of drug-likeness (QED) is 0.201. The summed E-state index contributed by atoms with van der Waals surface area (Å²) in [6.45, 7) is 9.70. The molecular formula is C32H43N5O3. The zero-order chi connectivity index (χ0) is 28.1. The number of hydrogen-bond donors (Lipinski definition) is 2. The lowest BCUT2D eigenvalue weighted by molar-refractivity contribution is 0.0719. The Hall–Kier alpha value is -3.39. The topological polar surface area (TPSA) is 92.0 Å². The largest absolute Gasteiger partial charge is 0.445 e. The fourth-order valence-electron chi connectivity index (χ4n) is 6.73. The van der Waals surface area contributed by atoms with Crippen molar-refractivity contribution in [2.75, 3.05) is 13.1 Å². The van der Waals surface area contributed by atoms with Gasteiger partial charge in [-0.15, -0.1) is 0 Å². The van der Waals surface area contributed by atoms with E-state index in [2.05, 4.69) is 40.7 Å². The molecule has 2 fully saturated rings. The van der Waals surface area contributed by atoms with E-state index in [1.807, 2.05) is 42.5 Å². The molecule has 2 aromatic heterocycles. The lowest BCUT2D eigenvalue weighted by Gasteiger charge is -2.43. The Kier molecular flexibility index (Phi) is 8.74. The Morgan fingerprint density at radius 2 is 1.77 bits per heavy atom. The number of ether oxygens (including phenoxy) is 1. The highest BCUT2D eigenvalue weighted by atomic mass is 16.5. The highest BCUT2D eigenvalue weighted by molar-refractivity contribution is 5.99. The lowest BCUT2D eigenvalue weighted by atomic mass is 9.71. The highest BCUT2D eigenvalue weighted by Gasteiger charge is 2.34. The van der Waals surface area contributed by atoms with E-state index in [-0.39, 0.29) is 19.2 Å². The molecular weight excluding hydrogens is 502 g/mol. The summed E-state index contributed by atoms with van der Waals surface area (Å²) in [4.78, 5) is 20.0. The van der Waals surface area contributed by atoms with Crippen LogP contribution in [0.3, 0.4) is 0 Å². The van der Waals surface area contributed by atoms with Crippen LogP contribution in [0.25, 0.3) is 11.0 Å². The second kappa shape index (κ2) is 12.4. The van der Waals surface area contributed by atoms with Gasteiger partial charge in [-0.25, -0.2) is 9.78 Å². The second-order valence-electron chi connectivity index (χ2n) is 12.4. The highest BCUT2D eigenvalue weighted by Crippen LogP contribution is 2.40. The number of pyridine rings is 1. The number of rotatable bonds is 7. The molecule has 0 unspecified atom stereocenters. The molecule has 1 aromatic carbocycles. The third-order valence-electron chi connectivity index (χ3n) is 9.01. The fraction of sp³-hybridized carbons (Fsp3) is 0.531. The summed E-state index contributed by atoms with van der Waals surface area (Å²) in [6.07, 6.45) is 10.0. The zero-order valence-electron chi connectivity index (χ0n) is 24.1. The second-order valence-corrected chi connectivity index (χ2v) is 12.4. The molecule has 8 heteroatoms. The molecule has 2 aliphatic rings. The first-order valence-electron chi connectivity index (χ1n) is 14.7. The van der Waals surface area contributed by atoms with E-state index < -0.39 is 6.09 Å². The van der Waals surface area contributed by atoms with Crippen LogP contribution in [0.1, 0.15) is 82.2 Å². The number of nitrogens with one attached hydrogen (secondary N) is 1. The van der Waals surface area contributed by atoms with Gasteiger partial charge in [0.1, 0.15) is 12.3 Å². The van der Waals surface area contributed by atoms with E-state index in [1.54, 1.807) is 6.20 Å². The van der Waals surface area contributed by atoms with Crippen LogP contribution in [0, 0.1) is 11.3 Å². The van der Waals surface area contributed by atoms with Gasteiger partial charge < -0.3 is 24.7 Å². The van der Waals surface area contributed by atoms with Crippen molar-refractivity contribution in [3.8, 4) is 0 Å². The van der Waals surface area contributed by atoms with E-state index in [0.717, 1.165) is 59.7 Å². The minimum Gasteiger partial charge on any atom is -0.445 e. The van der Waals surface area contributed by atoms with Gasteiger partial charge in [0.2, 0.25) is 0 Å². The van der Waals surface area contributed by atoms with Gasteiger partial charge in [-0.2, -0.15) is 0 Å². The number of fused-ring (bicyclic) bond motifs is 1. The van der Waals surface area contributed by atoms with Gasteiger partial charge in [-0.05, 0) is 67.6 Å². The Morgan fingerprint density at radius 1 is 1.05 bits per heavy atom. The molecule has 1 aliphatic carbocycles. The van der Waals surface area contributed by atoms with E-state index in [4.69, 9.17) is 9.72 Å². The molecule has 1 amide bonds. The summed E-state index contributed by atoms with van der Waals surface area (Å²) in [5, 5.41) is 16.7. The predicted molar refractivity (Wildman–Crippen MR) is 158 cm³/mol. The number of carbonyl (C=O) groups is 1. The van der Waals surface area contributed by atoms with Crippen LogP contribution in [0.5, 0.6) is 0 Å². The Labute approximate surface area is 237 Å². The lowest BCUT2D eigenvalue weighted by Crippen LogP contribution is -2.44. The fourth-order valence-corrected chi connectivity index (χ4v) is 6.73. The average Bonchev–Trinajstić information content (AvgIpc) is 3.28. The Morgan fingerprint density at radius 3 is 2.45 bits per heavy atom. The summed E-state index contributed by atoms with van der Waals surface area (Å²) < 4.78 is 7.72. The summed E-state index contributed by atoms with van der Waals surface area (Å²) in [6, 6.07) is 14.4. The van der Waals surface area contributed by atoms with E-state index >= 15 is 0 Å². The van der Waals surface area contributed by atoms with E-state index in [1.165, 1.54) is 31.9 Å². The van der Waals surface area contributed by atoms with Crippen LogP contribution in [0.15, 0.2) is 53.8 Å². The Bertz CT molecular complexity index is 1300. The van der Waals surface area contributed by atoms with Gasteiger partial charge >= 0.3 is 6.09 Å². The molecule has 0 bridgehead atoms. The number of hydrogen-bond acceptors (Lipinski definition) is 6. The van der Waals surface area contributed by atoms with Crippen molar-refractivity contribution in [1.82, 2.24) is 19.8 Å². The van der Waals surface area contributed by atoms with Gasteiger partial charge in [0.25, 0.3) is 0 Å². The van der Waals surface area contributed by atoms with Crippen LogP contribution >= 0.6 is 0 Å². The molecule has 40 heavy (non-hydrogen) atoms. The van der Waals surface area contributed by atoms with Crippen molar-refractivity contribution in [1.29, 1.82) is 0 Å². The molecule has 0 radical (unpaired) electrons. The maximum atomic E-state index is 12.6. The van der Waals surface area contributed by atoms with E-state index in [9.17, 15) is 10.0 Å². The number of oxime groups is 1.